The summed E-state index contributed by atoms with van der Waals surface area (Å²) in [7, 11) is 0. The van der Waals surface area contributed by atoms with E-state index in [1.165, 1.54) is 11.8 Å². The topological polar surface area (TPSA) is 62.2 Å². The maximum absolute atomic E-state index is 11.4. The number of aliphatic hydroxyl groups is 1. The van der Waals surface area contributed by atoms with Gasteiger partial charge in [0.1, 0.15) is 5.03 Å². The third kappa shape index (κ3) is 2.44. The molecule has 2 heterocycles. The monoisotopic (exact) mass is 370 g/mol. The van der Waals surface area contributed by atoms with E-state index in [0.29, 0.717) is 16.3 Å². The van der Waals surface area contributed by atoms with E-state index in [9.17, 15) is 9.90 Å². The molecule has 1 aliphatic rings. The molecule has 0 fully saturated rings. The van der Waals surface area contributed by atoms with Crippen molar-refractivity contribution >= 4 is 50.9 Å². The third-order valence-electron chi connectivity index (χ3n) is 2.84. The van der Waals surface area contributed by atoms with Crippen LogP contribution in [0.2, 0.25) is 5.02 Å². The fourth-order valence-corrected chi connectivity index (χ4v) is 3.48. The van der Waals surface area contributed by atoms with Gasteiger partial charge < -0.3 is 10.4 Å². The molecule has 0 spiro atoms. The van der Waals surface area contributed by atoms with Crippen molar-refractivity contribution in [2.24, 2.45) is 0 Å². The van der Waals surface area contributed by atoms with Gasteiger partial charge in [-0.1, -0.05) is 23.4 Å². The predicted octanol–water partition coefficient (Wildman–Crippen LogP) is 3.63. The molecule has 0 saturated heterocycles. The van der Waals surface area contributed by atoms with E-state index >= 15 is 0 Å². The number of pyridine rings is 1. The van der Waals surface area contributed by atoms with Crippen LogP contribution in [0.5, 0.6) is 0 Å². The SMILES string of the molecule is O=C1Nc2cc(Sc3ncccc3Br)c(Cl)cc2C1O. The van der Waals surface area contributed by atoms with Gasteiger partial charge in [-0.15, -0.1) is 0 Å². The summed E-state index contributed by atoms with van der Waals surface area (Å²) >= 11 is 11.0. The molecule has 4 nitrogen and oxygen atoms in total. The lowest BCUT2D eigenvalue weighted by atomic mass is 10.1. The Labute approximate surface area is 132 Å². The van der Waals surface area contributed by atoms with Gasteiger partial charge in [0.2, 0.25) is 0 Å². The van der Waals surface area contributed by atoms with Crippen LogP contribution in [0.25, 0.3) is 0 Å². The van der Waals surface area contributed by atoms with Gasteiger partial charge in [-0.3, -0.25) is 4.79 Å². The Bertz CT molecular complexity index is 711. The molecule has 102 valence electrons. The predicted molar refractivity (Wildman–Crippen MR) is 81.1 cm³/mol. The second kappa shape index (κ2) is 5.37. The Morgan fingerprint density at radius 3 is 3.00 bits per heavy atom. The van der Waals surface area contributed by atoms with Crippen LogP contribution in [0, 0.1) is 0 Å². The number of halogens is 2. The number of hydrogen-bond donors (Lipinski definition) is 2. The molecule has 0 radical (unpaired) electrons. The number of benzene rings is 1. The van der Waals surface area contributed by atoms with E-state index in [0.717, 1.165) is 14.4 Å². The lowest BCUT2D eigenvalue weighted by molar-refractivity contribution is -0.123. The van der Waals surface area contributed by atoms with Gasteiger partial charge in [-0.25, -0.2) is 4.98 Å². The van der Waals surface area contributed by atoms with Crippen LogP contribution in [0.1, 0.15) is 11.7 Å². The van der Waals surface area contributed by atoms with Crippen molar-refractivity contribution in [3.63, 3.8) is 0 Å². The summed E-state index contributed by atoms with van der Waals surface area (Å²) in [5.74, 6) is -0.433. The Kier molecular flexibility index (Phi) is 3.72. The lowest BCUT2D eigenvalue weighted by Gasteiger charge is -2.08. The highest BCUT2D eigenvalue weighted by atomic mass is 79.9. The Morgan fingerprint density at radius 2 is 2.25 bits per heavy atom. The zero-order valence-electron chi connectivity index (χ0n) is 9.93. The first kappa shape index (κ1) is 13.9. The van der Waals surface area contributed by atoms with E-state index in [-0.39, 0.29) is 0 Å². The van der Waals surface area contributed by atoms with Gasteiger partial charge >= 0.3 is 0 Å². The van der Waals surface area contributed by atoms with Gasteiger partial charge in [0.15, 0.2) is 6.10 Å². The molecule has 0 bridgehead atoms. The molecule has 1 aromatic heterocycles. The van der Waals surface area contributed by atoms with Gasteiger partial charge in [0.05, 0.1) is 9.50 Å². The standard InChI is InChI=1S/C13H8BrClN2O2S/c14-7-2-1-3-16-13(7)20-10-5-9-6(4-8(10)15)11(18)12(19)17-9/h1-5,11,18H,(H,17,19). The van der Waals surface area contributed by atoms with Gasteiger partial charge in [-0.05, 0) is 40.2 Å². The van der Waals surface area contributed by atoms with Crippen molar-refractivity contribution < 1.29 is 9.90 Å². The number of nitrogens with one attached hydrogen (secondary N) is 1. The number of hydrogen-bond acceptors (Lipinski definition) is 4. The summed E-state index contributed by atoms with van der Waals surface area (Å²) in [6, 6.07) is 7.08. The zero-order chi connectivity index (χ0) is 14.3. The summed E-state index contributed by atoms with van der Waals surface area (Å²) in [5, 5.41) is 13.6. The van der Waals surface area contributed by atoms with E-state index in [1.54, 1.807) is 18.3 Å². The number of nitrogens with zero attached hydrogens (tertiary/aromatic N) is 1. The van der Waals surface area contributed by atoms with Crippen LogP contribution in [0.3, 0.4) is 0 Å². The number of anilines is 1. The molecular formula is C13H8BrClN2O2S. The van der Waals surface area contributed by atoms with Crippen molar-refractivity contribution in [3.05, 3.63) is 45.5 Å². The molecule has 20 heavy (non-hydrogen) atoms. The number of carbonyl (C=O) groups excluding carboxylic acids is 1. The first-order chi connectivity index (χ1) is 9.56. The maximum atomic E-state index is 11.4. The Balaban J connectivity index is 1.99. The summed E-state index contributed by atoms with van der Waals surface area (Å²) in [4.78, 5) is 16.5. The summed E-state index contributed by atoms with van der Waals surface area (Å²) in [5.41, 5.74) is 1.09. The maximum Gasteiger partial charge on any atom is 0.257 e. The Morgan fingerprint density at radius 1 is 1.45 bits per heavy atom. The van der Waals surface area contributed by atoms with Crippen LogP contribution in [-0.2, 0) is 4.79 Å². The van der Waals surface area contributed by atoms with Gasteiger partial charge in [0.25, 0.3) is 5.91 Å². The van der Waals surface area contributed by atoms with Crippen LogP contribution in [0.15, 0.2) is 44.9 Å². The van der Waals surface area contributed by atoms with Crippen LogP contribution < -0.4 is 5.32 Å². The summed E-state index contributed by atoms with van der Waals surface area (Å²) < 4.78 is 0.866. The van der Waals surface area contributed by atoms with E-state index in [1.807, 2.05) is 12.1 Å². The van der Waals surface area contributed by atoms with Crippen LogP contribution in [-0.4, -0.2) is 16.0 Å². The summed E-state index contributed by atoms with van der Waals surface area (Å²) in [6.07, 6.45) is 0.544. The molecule has 0 aliphatic carbocycles. The third-order valence-corrected chi connectivity index (χ3v) is 5.24. The van der Waals surface area contributed by atoms with Crippen molar-refractivity contribution in [1.29, 1.82) is 0 Å². The molecule has 1 unspecified atom stereocenters. The fraction of sp³-hybridized carbons (Fsp3) is 0.0769. The average Bonchev–Trinajstić information content (AvgIpc) is 2.69. The molecule has 1 aliphatic heterocycles. The number of aliphatic hydroxyl groups excluding tert-OH is 1. The van der Waals surface area contributed by atoms with E-state index in [2.05, 4.69) is 26.2 Å². The minimum Gasteiger partial charge on any atom is -0.378 e. The van der Waals surface area contributed by atoms with E-state index in [4.69, 9.17) is 11.6 Å². The van der Waals surface area contributed by atoms with Gasteiger partial charge in [-0.2, -0.15) is 0 Å². The molecule has 0 saturated carbocycles. The molecule has 2 N–H and O–H groups in total. The molecule has 1 amide bonds. The second-order valence-electron chi connectivity index (χ2n) is 4.15. The number of amides is 1. The Hall–Kier alpha value is -1.08. The molecule has 3 rings (SSSR count). The van der Waals surface area contributed by atoms with E-state index < -0.39 is 12.0 Å². The largest absolute Gasteiger partial charge is 0.378 e. The van der Waals surface area contributed by atoms with Crippen molar-refractivity contribution in [2.75, 3.05) is 5.32 Å². The minimum absolute atomic E-state index is 0.433. The average molecular weight is 372 g/mol. The number of rotatable bonds is 2. The smallest absolute Gasteiger partial charge is 0.257 e. The molecule has 2 aromatic rings. The van der Waals surface area contributed by atoms with Crippen LogP contribution >= 0.6 is 39.3 Å². The highest BCUT2D eigenvalue weighted by molar-refractivity contribution is 9.10. The molecule has 7 heteroatoms. The quantitative estimate of drug-likeness (QED) is 0.846. The molecule has 1 atom stereocenters. The minimum atomic E-state index is -1.15. The first-order valence-electron chi connectivity index (χ1n) is 5.67. The first-order valence-corrected chi connectivity index (χ1v) is 7.66. The fourth-order valence-electron chi connectivity index (χ4n) is 1.87. The normalized spacial score (nSPS) is 16.9. The van der Waals surface area contributed by atoms with Crippen molar-refractivity contribution in [2.45, 2.75) is 16.0 Å². The molecular weight excluding hydrogens is 364 g/mol. The highest BCUT2D eigenvalue weighted by Crippen LogP contribution is 2.41. The summed E-state index contributed by atoms with van der Waals surface area (Å²) in [6.45, 7) is 0. The number of aromatic nitrogens is 1. The van der Waals surface area contributed by atoms with Crippen molar-refractivity contribution in [1.82, 2.24) is 4.98 Å². The van der Waals surface area contributed by atoms with Crippen LogP contribution in [0.4, 0.5) is 5.69 Å². The lowest BCUT2D eigenvalue weighted by Crippen LogP contribution is -2.10. The van der Waals surface area contributed by atoms with Crippen molar-refractivity contribution in [3.8, 4) is 0 Å². The number of carbonyl (C=O) groups is 1. The number of fused-ring (bicyclic) bond motifs is 1. The second-order valence-corrected chi connectivity index (χ2v) is 6.45. The molecule has 1 aromatic carbocycles. The zero-order valence-corrected chi connectivity index (χ0v) is 13.1. The van der Waals surface area contributed by atoms with Gasteiger partial charge in [0, 0.05) is 22.3 Å². The highest BCUT2D eigenvalue weighted by Gasteiger charge is 2.29.